The fourth-order valence-corrected chi connectivity index (χ4v) is 10.6. The van der Waals surface area contributed by atoms with Gasteiger partial charge in [0.2, 0.25) is 0 Å². The van der Waals surface area contributed by atoms with Crippen LogP contribution in [0.4, 0.5) is 5.69 Å². The summed E-state index contributed by atoms with van der Waals surface area (Å²) in [5.74, 6) is 0.804. The summed E-state index contributed by atoms with van der Waals surface area (Å²) in [6, 6.07) is 70.0. The fourth-order valence-electron chi connectivity index (χ4n) is 10.0. The Kier molecular flexibility index (Phi) is 19.1. The molecule has 16 nitrogen and oxygen atoms in total. The van der Waals surface area contributed by atoms with E-state index >= 15 is 0 Å². The van der Waals surface area contributed by atoms with Crippen LogP contribution in [0.3, 0.4) is 0 Å². The predicted octanol–water partition coefficient (Wildman–Crippen LogP) is 14.8. The van der Waals surface area contributed by atoms with Crippen LogP contribution in [0.1, 0.15) is 45.8 Å². The van der Waals surface area contributed by atoms with Crippen molar-refractivity contribution in [2.75, 3.05) is 12.3 Å². The maximum Gasteiger partial charge on any atom is 0.361 e. The van der Waals surface area contributed by atoms with Gasteiger partial charge in [0.05, 0.1) is 40.8 Å². The molecule has 2 N–H and O–H groups in total. The van der Waals surface area contributed by atoms with Gasteiger partial charge in [-0.05, 0) is 76.2 Å². The zero-order valence-corrected chi connectivity index (χ0v) is 53.0. The third-order valence-electron chi connectivity index (χ3n) is 14.4. The minimum atomic E-state index is -0.493. The van der Waals surface area contributed by atoms with Gasteiger partial charge in [0.25, 0.3) is 11.1 Å². The van der Waals surface area contributed by atoms with Crippen molar-refractivity contribution in [2.24, 2.45) is 21.1 Å². The first-order chi connectivity index (χ1) is 43.0. The Morgan fingerprint density at radius 2 is 0.798 bits per heavy atom. The second kappa shape index (κ2) is 27.5. The van der Waals surface area contributed by atoms with Crippen molar-refractivity contribution in [3.63, 3.8) is 0 Å². The van der Waals surface area contributed by atoms with Gasteiger partial charge in [-0.15, -0.1) is 0 Å². The number of ether oxygens (including phenoxy) is 1. The molecule has 0 radical (unpaired) electrons. The van der Waals surface area contributed by atoms with Crippen molar-refractivity contribution in [3.05, 3.63) is 270 Å². The third-order valence-corrected chi connectivity index (χ3v) is 15.4. The van der Waals surface area contributed by atoms with Gasteiger partial charge in [-0.25, -0.2) is 14.8 Å². The number of nitrogens with two attached hydrogens (primary N) is 1. The van der Waals surface area contributed by atoms with E-state index in [1.807, 2.05) is 246 Å². The van der Waals surface area contributed by atoms with E-state index in [0.29, 0.717) is 46.0 Å². The van der Waals surface area contributed by atoms with Crippen molar-refractivity contribution in [1.82, 2.24) is 48.4 Å². The average molecular weight is 1310 g/mol. The number of aromatic nitrogens is 10. The average Bonchev–Trinajstić information content (AvgIpc) is 1.82. The first-order valence-electron chi connectivity index (χ1n) is 28.4. The van der Waals surface area contributed by atoms with E-state index in [2.05, 4.69) is 47.2 Å². The Balaban J connectivity index is 0.000000141. The molecule has 0 aliphatic rings. The lowest BCUT2D eigenvalue weighted by Gasteiger charge is -2.13. The summed E-state index contributed by atoms with van der Waals surface area (Å²) < 4.78 is 15.2. The normalized spacial score (nSPS) is 10.8. The zero-order chi connectivity index (χ0) is 62.9. The molecule has 5 aromatic heterocycles. The van der Waals surface area contributed by atoms with E-state index < -0.39 is 5.97 Å². The number of ketones is 1. The number of hydrogen-bond acceptors (Lipinski definition) is 11. The lowest BCUT2D eigenvalue weighted by Crippen LogP contribution is -2.22. The second-order valence-corrected chi connectivity index (χ2v) is 22.5. The van der Waals surface area contributed by atoms with E-state index in [1.165, 1.54) is 0 Å². The molecule has 0 fully saturated rings. The van der Waals surface area contributed by atoms with E-state index in [-0.39, 0.29) is 22.6 Å². The van der Waals surface area contributed by atoms with E-state index in [9.17, 15) is 19.2 Å². The maximum absolute atomic E-state index is 13.7. The summed E-state index contributed by atoms with van der Waals surface area (Å²) in [7, 11) is 5.44. The summed E-state index contributed by atoms with van der Waals surface area (Å²) >= 11 is 6.94. The highest BCUT2D eigenvalue weighted by Gasteiger charge is 2.25. The molecule has 13 rings (SSSR count). The molecule has 0 aliphatic heterocycles. The van der Waals surface area contributed by atoms with Gasteiger partial charge in [-0.3, -0.25) is 37.6 Å². The lowest BCUT2D eigenvalue weighted by molar-refractivity contribution is 0.0519. The Morgan fingerprint density at radius 3 is 1.15 bits per heavy atom. The van der Waals surface area contributed by atoms with Crippen molar-refractivity contribution in [3.8, 4) is 67.9 Å². The second-order valence-electron chi connectivity index (χ2n) is 20.7. The molecular weight excluding hydrogens is 1250 g/mol. The SMILES string of the molecule is CC(=O)c1ccccc1.CCOC(=O)c1nn(C)c(-c2ccccc2)c1N.Cc1ccc(-c2nc3c(-c4ccccc4)n(C)nc3c(=O)n2-c2ccc(Br)cc2)cc1.Cc1ccc(-c2nc3c(-c4ccccc4)n(C)nc3c(=O)n2-c2ccc(Br)cc2)cc1. The number of hydrogen-bond donors (Lipinski definition) is 1. The molecule has 0 saturated carbocycles. The lowest BCUT2D eigenvalue weighted by atomic mass is 10.1. The standard InChI is InChI=1S/2C25H19BrN4O.C13H15N3O2.C8H8O/c2*1-16-8-10-18(11-9-16)24-27-21-22(25(31)30(24)20-14-12-19(26)13-15-20)28-29(2)23(21)17-6-4-3-5-7-17;1-3-18-13(17)11-10(14)12(16(2)15-11)9-7-5-4-6-8-9;1-7(9)8-5-3-2-4-6-8/h2*3-15H,1-2H3;4-8H,3,14H2,1-2H3;2-6H,1H3. The van der Waals surface area contributed by atoms with E-state index in [0.717, 1.165) is 81.9 Å². The molecule has 13 aromatic rings. The number of nitrogens with zero attached hydrogens (tertiary/aromatic N) is 10. The van der Waals surface area contributed by atoms with Gasteiger partial charge < -0.3 is 10.5 Å². The number of nitrogen functional groups attached to an aromatic ring is 1. The van der Waals surface area contributed by atoms with Crippen LogP contribution < -0.4 is 16.9 Å². The number of carbonyl (C=O) groups is 2. The van der Waals surface area contributed by atoms with Crippen molar-refractivity contribution in [2.45, 2.75) is 27.7 Å². The summed E-state index contributed by atoms with van der Waals surface area (Å²) in [6.07, 6.45) is 0. The predicted molar refractivity (Wildman–Crippen MR) is 360 cm³/mol. The molecule has 0 unspecified atom stereocenters. The number of halogens is 2. The highest BCUT2D eigenvalue weighted by Crippen LogP contribution is 2.33. The van der Waals surface area contributed by atoms with Gasteiger partial charge in [-0.2, -0.15) is 15.3 Å². The first kappa shape index (κ1) is 61.7. The number of benzene rings is 8. The number of esters is 1. The number of carbonyl (C=O) groups excluding carboxylic acids is 2. The number of fused-ring (bicyclic) bond motifs is 2. The monoisotopic (exact) mass is 1310 g/mol. The largest absolute Gasteiger partial charge is 0.461 e. The number of rotatable bonds is 10. The van der Waals surface area contributed by atoms with Crippen molar-refractivity contribution >= 4 is 71.4 Å². The van der Waals surface area contributed by atoms with Crippen LogP contribution in [0.25, 0.3) is 90.0 Å². The van der Waals surface area contributed by atoms with Gasteiger partial charge in [0.15, 0.2) is 22.5 Å². The molecule has 0 aliphatic carbocycles. The molecule has 0 saturated heterocycles. The molecule has 5 heterocycles. The molecule has 18 heteroatoms. The summed E-state index contributed by atoms with van der Waals surface area (Å²) in [4.78, 5) is 59.7. The molecule has 8 aromatic carbocycles. The Hall–Kier alpha value is -10.4. The summed E-state index contributed by atoms with van der Waals surface area (Å²) in [5, 5.41) is 13.2. The topological polar surface area (TPSA) is 193 Å². The maximum atomic E-state index is 13.7. The Morgan fingerprint density at radius 1 is 0.449 bits per heavy atom. The minimum absolute atomic E-state index is 0.121. The van der Waals surface area contributed by atoms with Crippen molar-refractivity contribution in [1.29, 1.82) is 0 Å². The summed E-state index contributed by atoms with van der Waals surface area (Å²) in [6.45, 7) is 7.69. The molecular formula is C71H61Br2N11O5. The van der Waals surface area contributed by atoms with Gasteiger partial charge in [-0.1, -0.05) is 213 Å². The van der Waals surface area contributed by atoms with Crippen LogP contribution in [0.5, 0.6) is 0 Å². The van der Waals surface area contributed by atoms with Crippen LogP contribution in [0.2, 0.25) is 0 Å². The number of aryl methyl sites for hydroxylation is 5. The van der Waals surface area contributed by atoms with E-state index in [1.54, 1.807) is 44.1 Å². The molecule has 0 atom stereocenters. The molecule has 89 heavy (non-hydrogen) atoms. The number of Topliss-reactive ketones (excluding diaryl/α,β-unsaturated/α-hetero) is 1. The van der Waals surface area contributed by atoms with Gasteiger partial charge in [0, 0.05) is 63.5 Å². The smallest absolute Gasteiger partial charge is 0.361 e. The zero-order valence-electron chi connectivity index (χ0n) is 49.8. The van der Waals surface area contributed by atoms with Crippen molar-refractivity contribution < 1.29 is 14.3 Å². The van der Waals surface area contributed by atoms with Gasteiger partial charge >= 0.3 is 5.97 Å². The van der Waals surface area contributed by atoms with Gasteiger partial charge in [0.1, 0.15) is 22.7 Å². The summed E-state index contributed by atoms with van der Waals surface area (Å²) in [5.41, 5.74) is 19.5. The van der Waals surface area contributed by atoms with E-state index in [4.69, 9.17) is 20.4 Å². The van der Waals surface area contributed by atoms with Crippen LogP contribution in [-0.4, -0.2) is 66.8 Å². The minimum Gasteiger partial charge on any atom is -0.461 e. The molecule has 0 spiro atoms. The van der Waals surface area contributed by atoms with Crippen LogP contribution >= 0.6 is 31.9 Å². The highest BCUT2D eigenvalue weighted by atomic mass is 79.9. The fraction of sp³-hybridized carbons (Fsp3) is 0.113. The first-order valence-corrected chi connectivity index (χ1v) is 30.0. The molecule has 444 valence electrons. The Bertz CT molecular complexity index is 4530. The third kappa shape index (κ3) is 13.6. The van der Waals surface area contributed by atoms with Crippen LogP contribution in [0, 0.1) is 13.8 Å². The highest BCUT2D eigenvalue weighted by molar-refractivity contribution is 9.10. The molecule has 0 bridgehead atoms. The number of anilines is 1. The quantitative estimate of drug-likeness (QED) is 0.101. The van der Waals surface area contributed by atoms with Crippen LogP contribution in [0.15, 0.2) is 237 Å². The molecule has 0 amide bonds. The van der Waals surface area contributed by atoms with Crippen LogP contribution in [-0.2, 0) is 25.9 Å². The Labute approximate surface area is 530 Å².